The first-order valence-corrected chi connectivity index (χ1v) is 5.99. The number of rotatable bonds is 4. The van der Waals surface area contributed by atoms with E-state index in [1.165, 1.54) is 0 Å². The van der Waals surface area contributed by atoms with Gasteiger partial charge in [-0.2, -0.15) is 0 Å². The van der Waals surface area contributed by atoms with E-state index >= 15 is 0 Å². The zero-order valence-corrected chi connectivity index (χ0v) is 10.2. The van der Waals surface area contributed by atoms with Crippen molar-refractivity contribution >= 4 is 5.91 Å². The molecule has 0 spiro atoms. The van der Waals surface area contributed by atoms with Crippen LogP contribution in [0.4, 0.5) is 0 Å². The third-order valence-corrected chi connectivity index (χ3v) is 2.87. The summed E-state index contributed by atoms with van der Waals surface area (Å²) in [5, 5.41) is 2.80. The van der Waals surface area contributed by atoms with Crippen molar-refractivity contribution in [2.75, 3.05) is 6.79 Å². The first-order chi connectivity index (χ1) is 9.33. The number of ether oxygens (including phenoxy) is 2. The predicted molar refractivity (Wildman–Crippen MR) is 66.8 cm³/mol. The third kappa shape index (κ3) is 2.54. The van der Waals surface area contributed by atoms with Gasteiger partial charge in [0.2, 0.25) is 12.7 Å². The smallest absolute Gasteiger partial charge is 0.231 e. The number of hydrogen-bond acceptors (Lipinski definition) is 4. The molecule has 1 N–H and O–H groups in total. The molecule has 1 aromatic carbocycles. The van der Waals surface area contributed by atoms with E-state index in [0.717, 1.165) is 11.3 Å². The Morgan fingerprint density at radius 1 is 1.21 bits per heavy atom. The first kappa shape index (κ1) is 11.6. The fourth-order valence-corrected chi connectivity index (χ4v) is 1.96. The number of amides is 1. The zero-order chi connectivity index (χ0) is 13.1. The van der Waals surface area contributed by atoms with Gasteiger partial charge in [0.1, 0.15) is 5.76 Å². The number of benzene rings is 1. The van der Waals surface area contributed by atoms with E-state index in [0.29, 0.717) is 18.0 Å². The van der Waals surface area contributed by atoms with E-state index in [9.17, 15) is 4.79 Å². The van der Waals surface area contributed by atoms with Gasteiger partial charge in [-0.25, -0.2) is 0 Å². The molecule has 0 saturated heterocycles. The molecule has 3 rings (SSSR count). The van der Waals surface area contributed by atoms with Crippen LogP contribution in [0, 0.1) is 0 Å². The SMILES string of the molecule is O=C(Cc1cccc2c1OCO2)NCc1ccco1. The summed E-state index contributed by atoms with van der Waals surface area (Å²) in [6.45, 7) is 0.596. The van der Waals surface area contributed by atoms with Gasteiger partial charge in [0.25, 0.3) is 0 Å². The van der Waals surface area contributed by atoms with Gasteiger partial charge in [-0.15, -0.1) is 0 Å². The van der Waals surface area contributed by atoms with E-state index in [-0.39, 0.29) is 19.1 Å². The molecule has 1 amide bonds. The Morgan fingerprint density at radius 2 is 2.16 bits per heavy atom. The Hall–Kier alpha value is -2.43. The maximum atomic E-state index is 11.9. The van der Waals surface area contributed by atoms with Gasteiger partial charge in [0.15, 0.2) is 11.5 Å². The van der Waals surface area contributed by atoms with Gasteiger partial charge in [-0.1, -0.05) is 12.1 Å². The van der Waals surface area contributed by atoms with Crippen molar-refractivity contribution in [2.24, 2.45) is 0 Å². The Bertz CT molecular complexity index is 577. The van der Waals surface area contributed by atoms with Crippen LogP contribution in [0.5, 0.6) is 11.5 Å². The molecule has 0 fully saturated rings. The summed E-state index contributed by atoms with van der Waals surface area (Å²) in [6.07, 6.45) is 1.84. The van der Waals surface area contributed by atoms with Crippen LogP contribution in [0.1, 0.15) is 11.3 Å². The summed E-state index contributed by atoms with van der Waals surface area (Å²) in [4.78, 5) is 11.9. The topological polar surface area (TPSA) is 60.7 Å². The molecule has 1 aromatic heterocycles. The highest BCUT2D eigenvalue weighted by Crippen LogP contribution is 2.35. The highest BCUT2D eigenvalue weighted by atomic mass is 16.7. The second kappa shape index (κ2) is 5.06. The number of nitrogens with one attached hydrogen (secondary N) is 1. The van der Waals surface area contributed by atoms with Gasteiger partial charge < -0.3 is 19.2 Å². The summed E-state index contributed by atoms with van der Waals surface area (Å²) in [6, 6.07) is 9.14. The lowest BCUT2D eigenvalue weighted by atomic mass is 10.1. The summed E-state index contributed by atoms with van der Waals surface area (Å²) in [5.74, 6) is 2.00. The van der Waals surface area contributed by atoms with Crippen molar-refractivity contribution in [1.29, 1.82) is 0 Å². The highest BCUT2D eigenvalue weighted by molar-refractivity contribution is 5.79. The fraction of sp³-hybridized carbons (Fsp3) is 0.214. The molecule has 19 heavy (non-hydrogen) atoms. The van der Waals surface area contributed by atoms with Crippen LogP contribution in [0.25, 0.3) is 0 Å². The second-order valence-electron chi connectivity index (χ2n) is 4.18. The van der Waals surface area contributed by atoms with Crippen LogP contribution < -0.4 is 14.8 Å². The van der Waals surface area contributed by atoms with E-state index in [1.54, 1.807) is 12.3 Å². The molecule has 5 heteroatoms. The van der Waals surface area contributed by atoms with Crippen LogP contribution >= 0.6 is 0 Å². The monoisotopic (exact) mass is 259 g/mol. The number of carbonyl (C=O) groups excluding carboxylic acids is 1. The largest absolute Gasteiger partial charge is 0.467 e. The minimum atomic E-state index is -0.0831. The Kier molecular flexibility index (Phi) is 3.10. The minimum absolute atomic E-state index is 0.0831. The van der Waals surface area contributed by atoms with Crippen molar-refractivity contribution in [1.82, 2.24) is 5.32 Å². The normalized spacial score (nSPS) is 12.4. The number of para-hydroxylation sites is 1. The molecule has 1 aliphatic heterocycles. The van der Waals surface area contributed by atoms with Crippen LogP contribution in [0.2, 0.25) is 0 Å². The van der Waals surface area contributed by atoms with E-state index < -0.39 is 0 Å². The summed E-state index contributed by atoms with van der Waals surface area (Å²) < 4.78 is 15.8. The van der Waals surface area contributed by atoms with Crippen molar-refractivity contribution in [3.8, 4) is 11.5 Å². The molecule has 2 heterocycles. The summed E-state index contributed by atoms with van der Waals surface area (Å²) in [5.41, 5.74) is 0.826. The van der Waals surface area contributed by atoms with Gasteiger partial charge in [0.05, 0.1) is 19.2 Å². The predicted octanol–water partition coefficient (Wildman–Crippen LogP) is 1.87. The van der Waals surface area contributed by atoms with Crippen molar-refractivity contribution in [3.05, 3.63) is 47.9 Å². The number of hydrogen-bond donors (Lipinski definition) is 1. The highest BCUT2D eigenvalue weighted by Gasteiger charge is 2.18. The average molecular weight is 259 g/mol. The maximum Gasteiger partial charge on any atom is 0.231 e. The minimum Gasteiger partial charge on any atom is -0.467 e. The molecule has 2 aromatic rings. The van der Waals surface area contributed by atoms with Crippen LogP contribution in [-0.2, 0) is 17.8 Å². The Balaban J connectivity index is 1.62. The summed E-state index contributed by atoms with van der Waals surface area (Å²) >= 11 is 0. The molecule has 98 valence electrons. The molecule has 1 aliphatic rings. The van der Waals surface area contributed by atoms with Crippen molar-refractivity contribution in [2.45, 2.75) is 13.0 Å². The zero-order valence-electron chi connectivity index (χ0n) is 10.2. The Morgan fingerprint density at radius 3 is 3.00 bits per heavy atom. The lowest BCUT2D eigenvalue weighted by Gasteiger charge is -2.06. The molecule has 0 unspecified atom stereocenters. The second-order valence-corrected chi connectivity index (χ2v) is 4.18. The van der Waals surface area contributed by atoms with Crippen LogP contribution in [0.15, 0.2) is 41.0 Å². The van der Waals surface area contributed by atoms with E-state index in [1.807, 2.05) is 24.3 Å². The standard InChI is InChI=1S/C14H13NO4/c16-13(15-8-11-4-2-6-17-11)7-10-3-1-5-12-14(10)19-9-18-12/h1-6H,7-9H2,(H,15,16). The molecule has 0 saturated carbocycles. The van der Waals surface area contributed by atoms with Crippen LogP contribution in [-0.4, -0.2) is 12.7 Å². The van der Waals surface area contributed by atoms with Gasteiger partial charge in [-0.3, -0.25) is 4.79 Å². The third-order valence-electron chi connectivity index (χ3n) is 2.87. The van der Waals surface area contributed by atoms with Gasteiger partial charge in [-0.05, 0) is 18.2 Å². The molecule has 0 atom stereocenters. The fourth-order valence-electron chi connectivity index (χ4n) is 1.96. The first-order valence-electron chi connectivity index (χ1n) is 5.99. The van der Waals surface area contributed by atoms with E-state index in [4.69, 9.17) is 13.9 Å². The number of furan rings is 1. The van der Waals surface area contributed by atoms with Gasteiger partial charge in [0, 0.05) is 5.56 Å². The van der Waals surface area contributed by atoms with Crippen LogP contribution in [0.3, 0.4) is 0 Å². The van der Waals surface area contributed by atoms with E-state index in [2.05, 4.69) is 5.32 Å². The molecular formula is C14H13NO4. The quantitative estimate of drug-likeness (QED) is 0.910. The maximum absolute atomic E-state index is 11.9. The van der Waals surface area contributed by atoms with Crippen molar-refractivity contribution < 1.29 is 18.7 Å². The lowest BCUT2D eigenvalue weighted by Crippen LogP contribution is -2.24. The van der Waals surface area contributed by atoms with Gasteiger partial charge >= 0.3 is 0 Å². The summed E-state index contributed by atoms with van der Waals surface area (Å²) in [7, 11) is 0. The lowest BCUT2D eigenvalue weighted by molar-refractivity contribution is -0.120. The van der Waals surface area contributed by atoms with Crippen molar-refractivity contribution in [3.63, 3.8) is 0 Å². The molecule has 0 bridgehead atoms. The number of fused-ring (bicyclic) bond motifs is 1. The molecule has 5 nitrogen and oxygen atoms in total. The molecule has 0 radical (unpaired) electrons. The molecule has 0 aliphatic carbocycles. The average Bonchev–Trinajstić information content (AvgIpc) is 3.08. The number of carbonyl (C=O) groups is 1. The molecular weight excluding hydrogens is 246 g/mol. The Labute approximate surface area is 110 Å².